The highest BCUT2D eigenvalue weighted by atomic mass is 35.5. The average Bonchev–Trinajstić information content (AvgIpc) is 3.14. The summed E-state index contributed by atoms with van der Waals surface area (Å²) in [7, 11) is 0. The Labute approximate surface area is 176 Å². The van der Waals surface area contributed by atoms with E-state index in [0.29, 0.717) is 19.8 Å². The minimum absolute atomic E-state index is 0.251. The fourth-order valence-corrected chi connectivity index (χ4v) is 4.31. The number of aromatic nitrogens is 2. The molecule has 4 rings (SSSR count). The van der Waals surface area contributed by atoms with Crippen molar-refractivity contribution in [2.75, 3.05) is 36.5 Å². The van der Waals surface area contributed by atoms with Crippen molar-refractivity contribution in [2.24, 2.45) is 0 Å². The normalized spacial score (nSPS) is 14.6. The van der Waals surface area contributed by atoms with Crippen LogP contribution in [0.1, 0.15) is 10.4 Å². The third-order valence-electron chi connectivity index (χ3n) is 4.48. The predicted octanol–water partition coefficient (Wildman–Crippen LogP) is 3.89. The van der Waals surface area contributed by atoms with Gasteiger partial charge in [-0.3, -0.25) is 0 Å². The minimum Gasteiger partial charge on any atom is -0.478 e. The molecule has 0 radical (unpaired) electrons. The number of rotatable bonds is 6. The Hall–Kier alpha value is -2.68. The van der Waals surface area contributed by atoms with E-state index in [4.69, 9.17) is 21.4 Å². The summed E-state index contributed by atoms with van der Waals surface area (Å²) < 4.78 is 6.46. The van der Waals surface area contributed by atoms with Gasteiger partial charge in [0.1, 0.15) is 0 Å². The van der Waals surface area contributed by atoms with Crippen molar-refractivity contribution < 1.29 is 14.6 Å². The minimum atomic E-state index is -0.961. The third-order valence-corrected chi connectivity index (χ3v) is 5.77. The summed E-state index contributed by atoms with van der Waals surface area (Å²) in [5, 5.41) is 12.3. The number of nitrogens with zero attached hydrogens (tertiary/aromatic N) is 3. The Morgan fingerprint density at radius 1 is 1.28 bits per heavy atom. The summed E-state index contributed by atoms with van der Waals surface area (Å²) in [6.07, 6.45) is 2.69. The largest absolute Gasteiger partial charge is 0.478 e. The molecular formula is C20H19ClN4O3S. The van der Waals surface area contributed by atoms with Gasteiger partial charge in [0.05, 0.1) is 23.4 Å². The van der Waals surface area contributed by atoms with Crippen LogP contribution in [-0.2, 0) is 16.1 Å². The van der Waals surface area contributed by atoms with Crippen molar-refractivity contribution >= 4 is 56.7 Å². The lowest BCUT2D eigenvalue weighted by atomic mass is 10.2. The molecule has 7 nitrogen and oxygen atoms in total. The predicted molar refractivity (Wildman–Crippen MR) is 116 cm³/mol. The van der Waals surface area contributed by atoms with E-state index in [1.807, 2.05) is 30.3 Å². The van der Waals surface area contributed by atoms with Crippen molar-refractivity contribution in [3.8, 4) is 0 Å². The van der Waals surface area contributed by atoms with Gasteiger partial charge >= 0.3 is 5.97 Å². The van der Waals surface area contributed by atoms with Crippen LogP contribution in [0.3, 0.4) is 0 Å². The monoisotopic (exact) mass is 430 g/mol. The highest BCUT2D eigenvalue weighted by molar-refractivity contribution is 7.19. The van der Waals surface area contributed by atoms with E-state index in [-0.39, 0.29) is 5.28 Å². The number of hydrogen-bond acceptors (Lipinski definition) is 7. The van der Waals surface area contributed by atoms with Gasteiger partial charge in [-0.25, -0.2) is 9.78 Å². The molecule has 0 saturated carbocycles. The summed E-state index contributed by atoms with van der Waals surface area (Å²) in [6.45, 7) is 3.58. The molecule has 1 aliphatic heterocycles. The highest BCUT2D eigenvalue weighted by Gasteiger charge is 2.19. The molecule has 9 heteroatoms. The Bertz CT molecular complexity index is 1050. The summed E-state index contributed by atoms with van der Waals surface area (Å²) in [5.74, 6) is -0.0919. The zero-order valence-corrected chi connectivity index (χ0v) is 17.0. The standard InChI is InChI=1S/C20H19ClN4O3S/c21-20-23-16-11-15(29-18(16)19(24-20)25-7-9-28-10-8-25)12-22-14-4-1-13(2-5-14)3-6-17(26)27/h1-6,11,22H,7-10,12H2,(H,26,27)/b6-3+. The van der Waals surface area contributed by atoms with E-state index in [2.05, 4.69) is 20.2 Å². The molecule has 2 N–H and O–H groups in total. The van der Waals surface area contributed by atoms with Gasteiger partial charge in [-0.1, -0.05) is 12.1 Å². The number of hydrogen-bond donors (Lipinski definition) is 2. The van der Waals surface area contributed by atoms with Crippen LogP contribution in [0.5, 0.6) is 0 Å². The Balaban J connectivity index is 1.49. The second kappa shape index (κ2) is 8.77. The van der Waals surface area contributed by atoms with E-state index < -0.39 is 5.97 Å². The van der Waals surface area contributed by atoms with Gasteiger partial charge in [0, 0.05) is 36.3 Å². The molecule has 1 aromatic carbocycles. The maximum absolute atomic E-state index is 10.6. The van der Waals surface area contributed by atoms with Gasteiger partial charge in [0.15, 0.2) is 5.82 Å². The van der Waals surface area contributed by atoms with Gasteiger partial charge in [0.25, 0.3) is 0 Å². The molecule has 1 saturated heterocycles. The summed E-state index contributed by atoms with van der Waals surface area (Å²) in [6, 6.07) is 9.62. The average molecular weight is 431 g/mol. The Kier molecular flexibility index (Phi) is 5.94. The van der Waals surface area contributed by atoms with Crippen LogP contribution >= 0.6 is 22.9 Å². The first-order chi connectivity index (χ1) is 14.1. The molecule has 0 spiro atoms. The zero-order valence-electron chi connectivity index (χ0n) is 15.5. The number of carboxylic acids is 1. The van der Waals surface area contributed by atoms with Gasteiger partial charge in [0.2, 0.25) is 5.28 Å². The third kappa shape index (κ3) is 4.84. The SMILES string of the molecule is O=C(O)/C=C/c1ccc(NCc2cc3nc(Cl)nc(N4CCOCC4)c3s2)cc1. The number of ether oxygens (including phenoxy) is 1. The van der Waals surface area contributed by atoms with Crippen molar-refractivity contribution in [3.05, 3.63) is 52.1 Å². The first-order valence-corrected chi connectivity index (χ1v) is 10.3. The number of halogens is 1. The Morgan fingerprint density at radius 3 is 2.76 bits per heavy atom. The quantitative estimate of drug-likeness (QED) is 0.453. The molecule has 0 amide bonds. The van der Waals surface area contributed by atoms with Gasteiger partial charge in [-0.15, -0.1) is 11.3 Å². The van der Waals surface area contributed by atoms with E-state index >= 15 is 0 Å². The van der Waals surface area contributed by atoms with Crippen LogP contribution in [0, 0.1) is 0 Å². The van der Waals surface area contributed by atoms with E-state index in [1.54, 1.807) is 17.4 Å². The summed E-state index contributed by atoms with van der Waals surface area (Å²) in [4.78, 5) is 22.7. The summed E-state index contributed by atoms with van der Waals surface area (Å²) in [5.41, 5.74) is 2.63. The number of aliphatic carboxylic acids is 1. The topological polar surface area (TPSA) is 87.6 Å². The van der Waals surface area contributed by atoms with Crippen molar-refractivity contribution in [3.63, 3.8) is 0 Å². The number of thiophene rings is 1. The van der Waals surface area contributed by atoms with Crippen LogP contribution in [0.15, 0.2) is 36.4 Å². The number of morpholine rings is 1. The van der Waals surface area contributed by atoms with Gasteiger partial charge in [-0.2, -0.15) is 4.98 Å². The summed E-state index contributed by atoms with van der Waals surface area (Å²) >= 11 is 7.81. The first-order valence-electron chi connectivity index (χ1n) is 9.12. The molecular weight excluding hydrogens is 412 g/mol. The van der Waals surface area contributed by atoms with E-state index in [1.165, 1.54) is 0 Å². The number of benzene rings is 1. The second-order valence-electron chi connectivity index (χ2n) is 6.49. The maximum atomic E-state index is 10.6. The van der Waals surface area contributed by atoms with Crippen LogP contribution in [0.2, 0.25) is 5.28 Å². The smallest absolute Gasteiger partial charge is 0.328 e. The number of anilines is 2. The number of nitrogens with one attached hydrogen (secondary N) is 1. The number of carbonyl (C=O) groups is 1. The van der Waals surface area contributed by atoms with Crippen molar-refractivity contribution in [1.29, 1.82) is 0 Å². The molecule has 3 aromatic rings. The first kappa shape index (κ1) is 19.6. The molecule has 1 fully saturated rings. The van der Waals surface area contributed by atoms with Crippen LogP contribution < -0.4 is 10.2 Å². The molecule has 1 aliphatic rings. The molecule has 3 heterocycles. The zero-order chi connectivity index (χ0) is 20.2. The van der Waals surface area contributed by atoms with Gasteiger partial charge in [-0.05, 0) is 41.4 Å². The lowest BCUT2D eigenvalue weighted by Crippen LogP contribution is -2.36. The highest BCUT2D eigenvalue weighted by Crippen LogP contribution is 2.33. The van der Waals surface area contributed by atoms with E-state index in [0.717, 1.165) is 51.3 Å². The van der Waals surface area contributed by atoms with Crippen LogP contribution in [0.25, 0.3) is 16.3 Å². The second-order valence-corrected chi connectivity index (χ2v) is 7.96. The fraction of sp³-hybridized carbons (Fsp3) is 0.250. The van der Waals surface area contributed by atoms with Crippen molar-refractivity contribution in [2.45, 2.75) is 6.54 Å². The van der Waals surface area contributed by atoms with Crippen LogP contribution in [-0.4, -0.2) is 47.3 Å². The molecule has 150 valence electrons. The number of carboxylic acid groups (broad SMARTS) is 1. The fourth-order valence-electron chi connectivity index (χ4n) is 3.08. The molecule has 0 bridgehead atoms. The number of fused-ring (bicyclic) bond motifs is 1. The maximum Gasteiger partial charge on any atom is 0.328 e. The van der Waals surface area contributed by atoms with Gasteiger partial charge < -0.3 is 20.1 Å². The van der Waals surface area contributed by atoms with Crippen molar-refractivity contribution in [1.82, 2.24) is 9.97 Å². The molecule has 0 atom stereocenters. The molecule has 0 aliphatic carbocycles. The lowest BCUT2D eigenvalue weighted by Gasteiger charge is -2.28. The Morgan fingerprint density at radius 2 is 2.03 bits per heavy atom. The lowest BCUT2D eigenvalue weighted by molar-refractivity contribution is -0.131. The molecule has 0 unspecified atom stereocenters. The van der Waals surface area contributed by atoms with E-state index in [9.17, 15) is 4.79 Å². The molecule has 2 aromatic heterocycles. The van der Waals surface area contributed by atoms with Crippen LogP contribution in [0.4, 0.5) is 11.5 Å². The molecule has 29 heavy (non-hydrogen) atoms.